The van der Waals surface area contributed by atoms with E-state index in [0.29, 0.717) is 0 Å². The van der Waals surface area contributed by atoms with E-state index in [2.05, 4.69) is 20.4 Å². The molecule has 0 aliphatic heterocycles. The van der Waals surface area contributed by atoms with Crippen molar-refractivity contribution >= 4 is 0 Å². The van der Waals surface area contributed by atoms with Crippen molar-refractivity contribution in [2.24, 2.45) is 0 Å². The zero-order valence-corrected chi connectivity index (χ0v) is 14.9. The minimum Gasteiger partial charge on any atom is -0.374 e. The average molecular weight is 297 g/mol. The Morgan fingerprint density at radius 1 is 0.714 bits per heavy atom. The summed E-state index contributed by atoms with van der Waals surface area (Å²) in [4.78, 5) is 0. The maximum atomic E-state index is 5.58. The van der Waals surface area contributed by atoms with E-state index < -0.39 is 0 Å². The summed E-state index contributed by atoms with van der Waals surface area (Å²) >= 11 is 0. The molecule has 0 spiro atoms. The normalized spacial score (nSPS) is 12.5. The molecule has 0 aliphatic carbocycles. The fourth-order valence-corrected chi connectivity index (χ4v) is 2.63. The summed E-state index contributed by atoms with van der Waals surface area (Å²) in [7, 11) is 0. The summed E-state index contributed by atoms with van der Waals surface area (Å²) in [5, 5.41) is 0. The van der Waals surface area contributed by atoms with Gasteiger partial charge >= 0.3 is 0 Å². The van der Waals surface area contributed by atoms with Crippen molar-refractivity contribution in [3.05, 3.63) is 12.7 Å². The van der Waals surface area contributed by atoms with Crippen LogP contribution < -0.4 is 0 Å². The maximum absolute atomic E-state index is 5.58. The molecule has 0 aliphatic rings. The van der Waals surface area contributed by atoms with E-state index in [1.165, 1.54) is 89.9 Å². The summed E-state index contributed by atoms with van der Waals surface area (Å²) < 4.78 is 5.58. The fraction of sp³-hybridized carbons (Fsp3) is 0.900. The van der Waals surface area contributed by atoms with E-state index in [4.69, 9.17) is 4.74 Å². The lowest BCUT2D eigenvalue weighted by Crippen LogP contribution is -2.04. The molecule has 0 radical (unpaired) electrons. The largest absolute Gasteiger partial charge is 0.374 e. The molecule has 0 fully saturated rings. The van der Waals surface area contributed by atoms with Crippen molar-refractivity contribution in [2.75, 3.05) is 6.61 Å². The van der Waals surface area contributed by atoms with E-state index in [0.717, 1.165) is 6.61 Å². The number of ether oxygens (including phenoxy) is 1. The second-order valence-corrected chi connectivity index (χ2v) is 6.41. The molecule has 0 rings (SSSR count). The quantitative estimate of drug-likeness (QED) is 0.206. The second-order valence-electron chi connectivity index (χ2n) is 6.41. The van der Waals surface area contributed by atoms with Gasteiger partial charge in [-0.15, -0.1) is 6.58 Å². The third-order valence-corrected chi connectivity index (χ3v) is 4.21. The van der Waals surface area contributed by atoms with Gasteiger partial charge in [0.1, 0.15) is 0 Å². The standard InChI is InChI=1S/C20H40O/c1-4-6-7-8-9-10-11-12-13-14-15-16-17-18-19-21-20(3)5-2/h5,20H,2,4,6-19H2,1,3H3. The van der Waals surface area contributed by atoms with E-state index in [1.807, 2.05) is 6.08 Å². The smallest absolute Gasteiger partial charge is 0.0725 e. The molecule has 0 amide bonds. The van der Waals surface area contributed by atoms with Crippen molar-refractivity contribution in [1.82, 2.24) is 0 Å². The summed E-state index contributed by atoms with van der Waals surface area (Å²) in [5.74, 6) is 0. The zero-order chi connectivity index (χ0) is 15.6. The van der Waals surface area contributed by atoms with Crippen LogP contribution in [0.2, 0.25) is 0 Å². The van der Waals surface area contributed by atoms with Crippen LogP contribution in [0.25, 0.3) is 0 Å². The zero-order valence-electron chi connectivity index (χ0n) is 14.9. The lowest BCUT2D eigenvalue weighted by atomic mass is 10.0. The number of rotatable bonds is 17. The van der Waals surface area contributed by atoms with Crippen molar-refractivity contribution in [3.63, 3.8) is 0 Å². The molecule has 21 heavy (non-hydrogen) atoms. The maximum Gasteiger partial charge on any atom is 0.0725 e. The first-order valence-corrected chi connectivity index (χ1v) is 9.55. The van der Waals surface area contributed by atoms with Crippen molar-refractivity contribution in [2.45, 2.75) is 110 Å². The van der Waals surface area contributed by atoms with Crippen LogP contribution in [-0.2, 0) is 4.74 Å². The highest BCUT2D eigenvalue weighted by Crippen LogP contribution is 2.13. The van der Waals surface area contributed by atoms with Gasteiger partial charge in [0.25, 0.3) is 0 Å². The summed E-state index contributed by atoms with van der Waals surface area (Å²) in [5.41, 5.74) is 0. The highest BCUT2D eigenvalue weighted by Gasteiger charge is 1.96. The van der Waals surface area contributed by atoms with Gasteiger partial charge in [-0.25, -0.2) is 0 Å². The van der Waals surface area contributed by atoms with Crippen LogP contribution in [0.5, 0.6) is 0 Å². The molecule has 0 heterocycles. The monoisotopic (exact) mass is 296 g/mol. The Hall–Kier alpha value is -0.300. The van der Waals surface area contributed by atoms with Crippen LogP contribution in [0.1, 0.15) is 104 Å². The molecular formula is C20H40O. The Kier molecular flexibility index (Phi) is 17.5. The van der Waals surface area contributed by atoms with Gasteiger partial charge in [0.2, 0.25) is 0 Å². The molecule has 1 nitrogen and oxygen atoms in total. The molecule has 0 aromatic heterocycles. The highest BCUT2D eigenvalue weighted by molar-refractivity contribution is 4.74. The van der Waals surface area contributed by atoms with Gasteiger partial charge in [-0.2, -0.15) is 0 Å². The first kappa shape index (κ1) is 20.7. The molecule has 0 aromatic carbocycles. The summed E-state index contributed by atoms with van der Waals surface area (Å²) in [6, 6.07) is 0. The van der Waals surface area contributed by atoms with E-state index in [9.17, 15) is 0 Å². The van der Waals surface area contributed by atoms with E-state index in [-0.39, 0.29) is 6.10 Å². The lowest BCUT2D eigenvalue weighted by Gasteiger charge is -2.07. The number of hydrogen-bond donors (Lipinski definition) is 0. The molecule has 1 heteroatoms. The minimum atomic E-state index is 0.215. The second kappa shape index (κ2) is 17.8. The van der Waals surface area contributed by atoms with Crippen molar-refractivity contribution in [1.29, 1.82) is 0 Å². The molecule has 1 unspecified atom stereocenters. The van der Waals surface area contributed by atoms with Crippen LogP contribution in [0.15, 0.2) is 12.7 Å². The third-order valence-electron chi connectivity index (χ3n) is 4.21. The van der Waals surface area contributed by atoms with Crippen molar-refractivity contribution < 1.29 is 4.74 Å². The van der Waals surface area contributed by atoms with Crippen molar-refractivity contribution in [3.8, 4) is 0 Å². The van der Waals surface area contributed by atoms with Crippen LogP contribution in [-0.4, -0.2) is 12.7 Å². The Bertz CT molecular complexity index is 200. The molecule has 0 saturated carbocycles. The molecule has 0 saturated heterocycles. The van der Waals surface area contributed by atoms with Gasteiger partial charge in [0.15, 0.2) is 0 Å². The van der Waals surface area contributed by atoms with E-state index in [1.54, 1.807) is 0 Å². The predicted octanol–water partition coefficient (Wildman–Crippen LogP) is 7.06. The van der Waals surface area contributed by atoms with Gasteiger partial charge in [-0.3, -0.25) is 0 Å². The van der Waals surface area contributed by atoms with Gasteiger partial charge in [-0.1, -0.05) is 96.5 Å². The first-order valence-electron chi connectivity index (χ1n) is 9.55. The highest BCUT2D eigenvalue weighted by atomic mass is 16.5. The van der Waals surface area contributed by atoms with Crippen LogP contribution in [0.3, 0.4) is 0 Å². The first-order chi connectivity index (χ1) is 10.3. The molecule has 126 valence electrons. The van der Waals surface area contributed by atoms with E-state index >= 15 is 0 Å². The SMILES string of the molecule is C=CC(C)OCCCCCCCCCCCCCCCC. The Labute approximate surface area is 134 Å². The third kappa shape index (κ3) is 17.6. The lowest BCUT2D eigenvalue weighted by molar-refractivity contribution is 0.0941. The Morgan fingerprint density at radius 2 is 1.10 bits per heavy atom. The summed E-state index contributed by atoms with van der Waals surface area (Å²) in [6.07, 6.45) is 21.8. The van der Waals surface area contributed by atoms with Crippen LogP contribution >= 0.6 is 0 Å². The van der Waals surface area contributed by atoms with Crippen LogP contribution in [0, 0.1) is 0 Å². The fourth-order valence-electron chi connectivity index (χ4n) is 2.63. The van der Waals surface area contributed by atoms with Gasteiger partial charge in [0.05, 0.1) is 6.10 Å². The van der Waals surface area contributed by atoms with Gasteiger partial charge in [0, 0.05) is 6.61 Å². The average Bonchev–Trinajstić information content (AvgIpc) is 2.50. The van der Waals surface area contributed by atoms with Crippen LogP contribution in [0.4, 0.5) is 0 Å². The Balaban J connectivity index is 2.98. The molecule has 0 bridgehead atoms. The Morgan fingerprint density at radius 3 is 1.48 bits per heavy atom. The minimum absolute atomic E-state index is 0.215. The van der Waals surface area contributed by atoms with Gasteiger partial charge in [-0.05, 0) is 13.3 Å². The topological polar surface area (TPSA) is 9.23 Å². The summed E-state index contributed by atoms with van der Waals surface area (Å²) in [6.45, 7) is 8.96. The number of unbranched alkanes of at least 4 members (excludes halogenated alkanes) is 13. The molecule has 1 atom stereocenters. The number of hydrogen-bond acceptors (Lipinski definition) is 1. The predicted molar refractivity (Wildman–Crippen MR) is 95.9 cm³/mol. The molecule has 0 N–H and O–H groups in total. The van der Waals surface area contributed by atoms with Gasteiger partial charge < -0.3 is 4.74 Å². The molecule has 0 aromatic rings. The molecular weight excluding hydrogens is 256 g/mol.